The van der Waals surface area contributed by atoms with Crippen molar-refractivity contribution in [1.29, 1.82) is 0 Å². The van der Waals surface area contributed by atoms with Crippen LogP contribution in [0.15, 0.2) is 0 Å². The van der Waals surface area contributed by atoms with E-state index in [0.29, 0.717) is 30.0 Å². The number of carbonyl (C=O) groups is 2. The molecule has 0 aromatic heterocycles. The molecule has 3 heteroatoms. The first kappa shape index (κ1) is 17.7. The van der Waals surface area contributed by atoms with E-state index in [1.54, 1.807) is 6.92 Å². The summed E-state index contributed by atoms with van der Waals surface area (Å²) in [4.78, 5) is 25.6. The molecular formula is C22H34O3. The number of ketones is 2. The lowest BCUT2D eigenvalue weighted by Crippen LogP contribution is -2.59. The van der Waals surface area contributed by atoms with Crippen LogP contribution in [-0.4, -0.2) is 22.3 Å². The maximum Gasteiger partial charge on any atom is 0.137 e. The number of hydrogen-bond acceptors (Lipinski definition) is 3. The van der Waals surface area contributed by atoms with Crippen LogP contribution in [0.25, 0.3) is 0 Å². The normalized spacial score (nSPS) is 55.2. The SMILES string of the molecule is CC(=O)[C@H]1CC[C@H]2[C@@H]3CC[C@H]4C[C@@](C)(O)CC[C@]4(C)[C@H]3C(=O)C[C@]12C. The molecule has 0 spiro atoms. The van der Waals surface area contributed by atoms with Crippen molar-refractivity contribution in [2.45, 2.75) is 84.7 Å². The minimum Gasteiger partial charge on any atom is -0.390 e. The van der Waals surface area contributed by atoms with Crippen LogP contribution in [0.5, 0.6) is 0 Å². The van der Waals surface area contributed by atoms with Gasteiger partial charge in [0.05, 0.1) is 5.60 Å². The molecule has 25 heavy (non-hydrogen) atoms. The third kappa shape index (κ3) is 2.40. The topological polar surface area (TPSA) is 54.4 Å². The van der Waals surface area contributed by atoms with Crippen LogP contribution in [0.3, 0.4) is 0 Å². The number of Topliss-reactive ketones (excluding diaryl/α,β-unsaturated/α-hetero) is 2. The third-order valence-electron chi connectivity index (χ3n) is 9.13. The molecule has 8 atom stereocenters. The molecule has 0 unspecified atom stereocenters. The number of carbonyl (C=O) groups excluding carboxylic acids is 2. The van der Waals surface area contributed by atoms with Gasteiger partial charge in [0, 0.05) is 18.3 Å². The van der Waals surface area contributed by atoms with Crippen LogP contribution < -0.4 is 0 Å². The van der Waals surface area contributed by atoms with E-state index in [2.05, 4.69) is 13.8 Å². The van der Waals surface area contributed by atoms with Gasteiger partial charge < -0.3 is 5.11 Å². The summed E-state index contributed by atoms with van der Waals surface area (Å²) in [7, 11) is 0. The molecule has 0 saturated heterocycles. The quantitative estimate of drug-likeness (QED) is 0.775. The Bertz CT molecular complexity index is 608. The van der Waals surface area contributed by atoms with E-state index in [9.17, 15) is 14.7 Å². The molecule has 4 aliphatic rings. The lowest BCUT2D eigenvalue weighted by molar-refractivity contribution is -0.168. The minimum atomic E-state index is -0.559. The molecule has 0 heterocycles. The molecule has 0 aromatic rings. The van der Waals surface area contributed by atoms with Crippen LogP contribution in [0, 0.1) is 40.4 Å². The highest BCUT2D eigenvalue weighted by atomic mass is 16.3. The predicted molar refractivity (Wildman–Crippen MR) is 96.9 cm³/mol. The second-order valence-electron chi connectivity index (χ2n) is 10.6. The molecule has 4 fully saturated rings. The lowest BCUT2D eigenvalue weighted by Gasteiger charge is -2.60. The lowest BCUT2D eigenvalue weighted by atomic mass is 9.43. The molecule has 0 aliphatic heterocycles. The van der Waals surface area contributed by atoms with Crippen molar-refractivity contribution in [1.82, 2.24) is 0 Å². The maximum atomic E-state index is 13.4. The predicted octanol–water partition coefficient (Wildman–Crippen LogP) is 4.16. The van der Waals surface area contributed by atoms with Gasteiger partial charge in [0.25, 0.3) is 0 Å². The Balaban J connectivity index is 1.68. The van der Waals surface area contributed by atoms with Crippen LogP contribution in [-0.2, 0) is 9.59 Å². The first-order valence-electron chi connectivity index (χ1n) is 10.3. The zero-order valence-electron chi connectivity index (χ0n) is 16.3. The first-order chi connectivity index (χ1) is 11.6. The Kier molecular flexibility index (Phi) is 3.83. The largest absolute Gasteiger partial charge is 0.390 e. The fraction of sp³-hybridized carbons (Fsp3) is 0.909. The van der Waals surface area contributed by atoms with Crippen molar-refractivity contribution in [3.63, 3.8) is 0 Å². The third-order valence-corrected chi connectivity index (χ3v) is 9.13. The van der Waals surface area contributed by atoms with Gasteiger partial charge in [-0.15, -0.1) is 0 Å². The molecule has 3 nitrogen and oxygen atoms in total. The summed E-state index contributed by atoms with van der Waals surface area (Å²) >= 11 is 0. The van der Waals surface area contributed by atoms with E-state index in [1.165, 1.54) is 0 Å². The molecule has 0 bridgehead atoms. The Labute approximate surface area is 151 Å². The van der Waals surface area contributed by atoms with Crippen molar-refractivity contribution < 1.29 is 14.7 Å². The Morgan fingerprint density at radius 1 is 1.04 bits per heavy atom. The molecular weight excluding hydrogens is 312 g/mol. The van der Waals surface area contributed by atoms with Gasteiger partial charge in [-0.2, -0.15) is 0 Å². The summed E-state index contributed by atoms with van der Waals surface area (Å²) in [6.07, 6.45) is 7.57. The standard InChI is InChI=1S/C22H34O3/c1-13(23)16-7-8-17-15-6-5-14-11-20(2,25)9-10-21(14,3)19(15)18(24)12-22(16,17)4/h14-17,19,25H,5-12H2,1-4H3/t14-,15-,16+,17-,19+,20-,21-,22+/m0/s1. The average molecular weight is 347 g/mol. The maximum absolute atomic E-state index is 13.4. The fourth-order valence-electron chi connectivity index (χ4n) is 7.91. The Hall–Kier alpha value is -0.700. The zero-order valence-corrected chi connectivity index (χ0v) is 16.3. The molecule has 0 radical (unpaired) electrons. The van der Waals surface area contributed by atoms with E-state index in [4.69, 9.17) is 0 Å². The number of hydrogen-bond donors (Lipinski definition) is 1. The van der Waals surface area contributed by atoms with Gasteiger partial charge in [-0.25, -0.2) is 0 Å². The van der Waals surface area contributed by atoms with Crippen LogP contribution in [0.1, 0.15) is 79.1 Å². The molecule has 140 valence electrons. The average Bonchev–Trinajstić information content (AvgIpc) is 2.84. The molecule has 0 amide bonds. The molecule has 4 saturated carbocycles. The van der Waals surface area contributed by atoms with Gasteiger partial charge in [0.1, 0.15) is 11.6 Å². The van der Waals surface area contributed by atoms with E-state index < -0.39 is 5.60 Å². The van der Waals surface area contributed by atoms with E-state index in [0.717, 1.165) is 44.9 Å². The number of rotatable bonds is 1. The number of aliphatic hydroxyl groups is 1. The Morgan fingerprint density at radius 3 is 2.44 bits per heavy atom. The van der Waals surface area contributed by atoms with Crippen molar-refractivity contribution in [3.05, 3.63) is 0 Å². The van der Waals surface area contributed by atoms with Gasteiger partial charge >= 0.3 is 0 Å². The van der Waals surface area contributed by atoms with E-state index >= 15 is 0 Å². The van der Waals surface area contributed by atoms with Crippen molar-refractivity contribution >= 4 is 11.6 Å². The number of fused-ring (bicyclic) bond motifs is 5. The zero-order chi connectivity index (χ0) is 18.2. The van der Waals surface area contributed by atoms with Gasteiger partial charge in [-0.3, -0.25) is 9.59 Å². The van der Waals surface area contributed by atoms with Gasteiger partial charge in [0.2, 0.25) is 0 Å². The van der Waals surface area contributed by atoms with Crippen molar-refractivity contribution in [2.75, 3.05) is 0 Å². The van der Waals surface area contributed by atoms with Gasteiger partial charge in [-0.05, 0) is 87.4 Å². The summed E-state index contributed by atoms with van der Waals surface area (Å²) in [5.41, 5.74) is -0.609. The molecule has 1 N–H and O–H groups in total. The summed E-state index contributed by atoms with van der Waals surface area (Å²) in [5, 5.41) is 10.6. The summed E-state index contributed by atoms with van der Waals surface area (Å²) in [6, 6.07) is 0. The second kappa shape index (κ2) is 5.41. The van der Waals surface area contributed by atoms with Gasteiger partial charge in [0.15, 0.2) is 0 Å². The summed E-state index contributed by atoms with van der Waals surface area (Å²) in [6.45, 7) is 8.25. The smallest absolute Gasteiger partial charge is 0.137 e. The fourth-order valence-corrected chi connectivity index (χ4v) is 7.91. The summed E-state index contributed by atoms with van der Waals surface area (Å²) < 4.78 is 0. The molecule has 4 rings (SSSR count). The molecule has 4 aliphatic carbocycles. The highest BCUT2D eigenvalue weighted by Gasteiger charge is 2.64. The highest BCUT2D eigenvalue weighted by Crippen LogP contribution is 2.67. The summed E-state index contributed by atoms with van der Waals surface area (Å²) in [5.74, 6) is 2.40. The van der Waals surface area contributed by atoms with Crippen LogP contribution >= 0.6 is 0 Å². The van der Waals surface area contributed by atoms with Crippen LogP contribution in [0.2, 0.25) is 0 Å². The van der Waals surface area contributed by atoms with E-state index in [-0.39, 0.29) is 28.4 Å². The van der Waals surface area contributed by atoms with E-state index in [1.807, 2.05) is 6.92 Å². The molecule has 0 aromatic carbocycles. The highest BCUT2D eigenvalue weighted by molar-refractivity contribution is 5.87. The first-order valence-corrected chi connectivity index (χ1v) is 10.3. The van der Waals surface area contributed by atoms with Crippen LogP contribution in [0.4, 0.5) is 0 Å². The minimum absolute atomic E-state index is 0.0535. The monoisotopic (exact) mass is 346 g/mol. The van der Waals surface area contributed by atoms with Gasteiger partial charge in [-0.1, -0.05) is 13.8 Å². The Morgan fingerprint density at radius 2 is 1.76 bits per heavy atom. The van der Waals surface area contributed by atoms with Crippen molar-refractivity contribution in [3.8, 4) is 0 Å². The van der Waals surface area contributed by atoms with Crippen molar-refractivity contribution in [2.24, 2.45) is 40.4 Å². The second-order valence-corrected chi connectivity index (χ2v) is 10.6.